The number of aromatic nitrogens is 3. The van der Waals surface area contributed by atoms with Gasteiger partial charge in [0.2, 0.25) is 0 Å². The lowest BCUT2D eigenvalue weighted by atomic mass is 10.1. The summed E-state index contributed by atoms with van der Waals surface area (Å²) in [6.07, 6.45) is 8.20. The van der Waals surface area contributed by atoms with Gasteiger partial charge < -0.3 is 15.4 Å². The van der Waals surface area contributed by atoms with E-state index in [4.69, 9.17) is 23.2 Å². The molecule has 3 N–H and O–H groups in total. The van der Waals surface area contributed by atoms with Gasteiger partial charge in [0.25, 0.3) is 5.56 Å². The van der Waals surface area contributed by atoms with E-state index in [0.717, 1.165) is 5.56 Å². The van der Waals surface area contributed by atoms with Gasteiger partial charge in [-0.25, -0.2) is 4.98 Å². The number of aliphatic hydroxyl groups is 1. The number of H-pyrrole nitrogens is 1. The molecule has 30 heavy (non-hydrogen) atoms. The maximum atomic E-state index is 12.5. The van der Waals surface area contributed by atoms with Gasteiger partial charge in [0.05, 0.1) is 32.2 Å². The van der Waals surface area contributed by atoms with E-state index in [1.807, 2.05) is 0 Å². The molecule has 0 unspecified atom stereocenters. The first kappa shape index (κ1) is 20.3. The van der Waals surface area contributed by atoms with Gasteiger partial charge in [-0.1, -0.05) is 35.4 Å². The topological polar surface area (TPSA) is 90.9 Å². The predicted molar refractivity (Wildman–Crippen MR) is 123 cm³/mol. The van der Waals surface area contributed by atoms with Crippen molar-refractivity contribution in [2.24, 2.45) is 0 Å². The van der Waals surface area contributed by atoms with Crippen molar-refractivity contribution in [1.82, 2.24) is 15.0 Å². The van der Waals surface area contributed by atoms with Crippen molar-refractivity contribution in [3.63, 3.8) is 0 Å². The summed E-state index contributed by atoms with van der Waals surface area (Å²) in [7, 11) is 0. The molecule has 3 aromatic heterocycles. The van der Waals surface area contributed by atoms with E-state index in [-0.39, 0.29) is 5.56 Å². The van der Waals surface area contributed by atoms with Crippen LogP contribution in [-0.2, 0) is 0 Å². The van der Waals surface area contributed by atoms with Crippen molar-refractivity contribution < 1.29 is 5.11 Å². The molecule has 1 aromatic carbocycles. The van der Waals surface area contributed by atoms with Crippen molar-refractivity contribution in [1.29, 1.82) is 0 Å². The SMILES string of the molecule is CC(C)(O)C=Cc1cc(Cl)c(Nc2nc3ccncc3c3c(=O)[nH]ccc23)c(Cl)c1. The molecule has 3 heterocycles. The maximum absolute atomic E-state index is 12.5. The molecule has 0 fully saturated rings. The molecule has 0 aliphatic heterocycles. The zero-order chi connectivity index (χ0) is 21.5. The Morgan fingerprint density at radius 1 is 1.17 bits per heavy atom. The number of anilines is 2. The highest BCUT2D eigenvalue weighted by molar-refractivity contribution is 6.39. The zero-order valence-corrected chi connectivity index (χ0v) is 17.7. The van der Waals surface area contributed by atoms with E-state index in [9.17, 15) is 9.90 Å². The molecule has 4 rings (SSSR count). The van der Waals surface area contributed by atoms with Crippen molar-refractivity contribution in [3.05, 3.63) is 74.9 Å². The lowest BCUT2D eigenvalue weighted by Gasteiger charge is -2.14. The summed E-state index contributed by atoms with van der Waals surface area (Å²) in [5, 5.41) is 15.6. The average molecular weight is 441 g/mol. The molecule has 0 spiro atoms. The number of nitrogens with zero attached hydrogens (tertiary/aromatic N) is 2. The summed E-state index contributed by atoms with van der Waals surface area (Å²) < 4.78 is 0. The summed E-state index contributed by atoms with van der Waals surface area (Å²) in [5.74, 6) is 0.457. The highest BCUT2D eigenvalue weighted by atomic mass is 35.5. The Hall–Kier alpha value is -2.93. The van der Waals surface area contributed by atoms with Gasteiger partial charge >= 0.3 is 0 Å². The van der Waals surface area contributed by atoms with Crippen LogP contribution in [0.5, 0.6) is 0 Å². The van der Waals surface area contributed by atoms with E-state index < -0.39 is 5.60 Å². The molecule has 8 heteroatoms. The number of benzene rings is 1. The van der Waals surface area contributed by atoms with Gasteiger partial charge in [-0.15, -0.1) is 0 Å². The number of halogens is 2. The molecule has 0 saturated heterocycles. The van der Waals surface area contributed by atoms with Crippen LogP contribution in [0.1, 0.15) is 19.4 Å². The second-order valence-electron chi connectivity index (χ2n) is 7.42. The highest BCUT2D eigenvalue weighted by Crippen LogP contribution is 2.36. The first-order chi connectivity index (χ1) is 14.2. The Bertz CT molecular complexity index is 1330. The third-order valence-corrected chi connectivity index (χ3v) is 5.10. The monoisotopic (exact) mass is 440 g/mol. The number of aromatic amines is 1. The van der Waals surface area contributed by atoms with E-state index in [0.29, 0.717) is 43.2 Å². The zero-order valence-electron chi connectivity index (χ0n) is 16.2. The van der Waals surface area contributed by atoms with Crippen molar-refractivity contribution in [3.8, 4) is 0 Å². The minimum atomic E-state index is -0.953. The fraction of sp³-hybridized carbons (Fsp3) is 0.136. The second kappa shape index (κ2) is 7.72. The average Bonchev–Trinajstić information content (AvgIpc) is 2.68. The van der Waals surface area contributed by atoms with Crippen LogP contribution in [0, 0.1) is 0 Å². The van der Waals surface area contributed by atoms with Crippen LogP contribution in [0.2, 0.25) is 10.0 Å². The number of fused-ring (bicyclic) bond motifs is 3. The molecule has 4 aromatic rings. The number of rotatable bonds is 4. The standard InChI is InChI=1S/C22H18Cl2N4O2/c1-22(2,30)6-3-12-9-15(23)19(16(24)10-12)28-20-13-4-8-26-21(29)18(13)14-11-25-7-5-17(14)27-20/h3-11,30H,1-2H3,(H,26,29)(H,27,28). The Morgan fingerprint density at radius 2 is 1.90 bits per heavy atom. The molecule has 0 aliphatic rings. The van der Waals surface area contributed by atoms with Crippen LogP contribution in [0.25, 0.3) is 27.8 Å². The molecule has 0 aliphatic carbocycles. The number of hydrogen-bond acceptors (Lipinski definition) is 5. The second-order valence-corrected chi connectivity index (χ2v) is 8.23. The molecule has 0 saturated carbocycles. The van der Waals surface area contributed by atoms with Crippen LogP contribution in [0.4, 0.5) is 11.5 Å². The smallest absolute Gasteiger partial charge is 0.256 e. The molecule has 0 radical (unpaired) electrons. The molecular weight excluding hydrogens is 423 g/mol. The Labute approximate surface area is 182 Å². The summed E-state index contributed by atoms with van der Waals surface area (Å²) in [4.78, 5) is 24.0. The third kappa shape index (κ3) is 4.03. The summed E-state index contributed by atoms with van der Waals surface area (Å²) in [5.41, 5.74) is 0.651. The minimum absolute atomic E-state index is 0.236. The Balaban J connectivity index is 1.84. The fourth-order valence-electron chi connectivity index (χ4n) is 3.12. The summed E-state index contributed by atoms with van der Waals surface area (Å²) in [6.45, 7) is 3.35. The normalized spacial score (nSPS) is 12.2. The number of pyridine rings is 3. The fourth-order valence-corrected chi connectivity index (χ4v) is 3.72. The van der Waals surface area contributed by atoms with Gasteiger partial charge in [0.15, 0.2) is 0 Å². The molecule has 0 atom stereocenters. The summed E-state index contributed by atoms with van der Waals surface area (Å²) in [6, 6.07) is 6.97. The summed E-state index contributed by atoms with van der Waals surface area (Å²) >= 11 is 13.0. The minimum Gasteiger partial charge on any atom is -0.386 e. The number of hydrogen-bond donors (Lipinski definition) is 3. The number of nitrogens with one attached hydrogen (secondary N) is 2. The third-order valence-electron chi connectivity index (χ3n) is 4.51. The van der Waals surface area contributed by atoms with Crippen molar-refractivity contribution >= 4 is 62.5 Å². The first-order valence-corrected chi connectivity index (χ1v) is 9.91. The quantitative estimate of drug-likeness (QED) is 0.374. The van der Waals surface area contributed by atoms with Crippen LogP contribution >= 0.6 is 23.2 Å². The van der Waals surface area contributed by atoms with Crippen molar-refractivity contribution in [2.45, 2.75) is 19.4 Å². The van der Waals surface area contributed by atoms with Gasteiger partial charge in [0, 0.05) is 29.4 Å². The first-order valence-electron chi connectivity index (χ1n) is 9.16. The van der Waals surface area contributed by atoms with Crippen LogP contribution in [-0.4, -0.2) is 25.7 Å². The molecule has 152 valence electrons. The van der Waals surface area contributed by atoms with Crippen LogP contribution in [0.15, 0.2) is 53.7 Å². The van der Waals surface area contributed by atoms with Crippen molar-refractivity contribution in [2.75, 3.05) is 5.32 Å². The highest BCUT2D eigenvalue weighted by Gasteiger charge is 2.15. The molecular formula is C22H18Cl2N4O2. The van der Waals surface area contributed by atoms with Gasteiger partial charge in [-0.2, -0.15) is 0 Å². The van der Waals surface area contributed by atoms with E-state index in [1.165, 1.54) is 0 Å². The van der Waals surface area contributed by atoms with E-state index in [2.05, 4.69) is 20.3 Å². The van der Waals surface area contributed by atoms with Gasteiger partial charge in [0.1, 0.15) is 5.82 Å². The van der Waals surface area contributed by atoms with Gasteiger partial charge in [-0.3, -0.25) is 9.78 Å². The van der Waals surface area contributed by atoms with Crippen LogP contribution in [0.3, 0.4) is 0 Å². The Morgan fingerprint density at radius 3 is 2.60 bits per heavy atom. The lowest BCUT2D eigenvalue weighted by Crippen LogP contribution is -2.13. The molecule has 6 nitrogen and oxygen atoms in total. The van der Waals surface area contributed by atoms with E-state index >= 15 is 0 Å². The Kier molecular flexibility index (Phi) is 5.24. The van der Waals surface area contributed by atoms with Crippen LogP contribution < -0.4 is 10.9 Å². The largest absolute Gasteiger partial charge is 0.386 e. The maximum Gasteiger partial charge on any atom is 0.256 e. The molecule has 0 amide bonds. The molecule has 0 bridgehead atoms. The van der Waals surface area contributed by atoms with E-state index in [1.54, 1.807) is 68.9 Å². The van der Waals surface area contributed by atoms with Gasteiger partial charge in [-0.05, 0) is 43.7 Å². The predicted octanol–water partition coefficient (Wildman–Crippen LogP) is 5.31. The lowest BCUT2D eigenvalue weighted by molar-refractivity contribution is 0.134.